The lowest BCUT2D eigenvalue weighted by atomic mass is 10.3. The summed E-state index contributed by atoms with van der Waals surface area (Å²) in [7, 11) is -2.66. The van der Waals surface area contributed by atoms with Gasteiger partial charge in [-0.15, -0.1) is 0 Å². The zero-order valence-corrected chi connectivity index (χ0v) is 11.3. The van der Waals surface area contributed by atoms with Gasteiger partial charge in [0.25, 0.3) is 0 Å². The Morgan fingerprint density at radius 3 is 1.88 bits per heavy atom. The molecule has 0 heterocycles. The van der Waals surface area contributed by atoms with E-state index in [1.54, 1.807) is 13.8 Å². The highest BCUT2D eigenvalue weighted by Crippen LogP contribution is 2.03. The number of para-hydroxylation sites is 1. The minimum atomic E-state index is -2.66. The molecule has 4 nitrogen and oxygen atoms in total. The molecule has 17 heavy (non-hydrogen) atoms. The van der Waals surface area contributed by atoms with Crippen LogP contribution in [-0.4, -0.2) is 25.8 Å². The second-order valence-electron chi connectivity index (χ2n) is 3.37. The highest BCUT2D eigenvalue weighted by Gasteiger charge is 1.99. The number of anilines is 1. The average Bonchev–Trinajstić information content (AvgIpc) is 2.30. The molecular weight excluding hydrogens is 238 g/mol. The van der Waals surface area contributed by atoms with E-state index >= 15 is 0 Å². The van der Waals surface area contributed by atoms with Crippen molar-refractivity contribution in [3.63, 3.8) is 0 Å². The summed E-state index contributed by atoms with van der Waals surface area (Å²) in [5.41, 5.74) is 0.843. The maximum absolute atomic E-state index is 10.5. The fourth-order valence-electron chi connectivity index (χ4n) is 0.929. The topological polar surface area (TPSA) is 63.2 Å². The van der Waals surface area contributed by atoms with Gasteiger partial charge < -0.3 is 5.32 Å². The maximum Gasteiger partial charge on any atom is 0.221 e. The average molecular weight is 257 g/mol. The van der Waals surface area contributed by atoms with Crippen LogP contribution in [0.15, 0.2) is 30.3 Å². The van der Waals surface area contributed by atoms with Gasteiger partial charge in [0, 0.05) is 24.1 Å². The van der Waals surface area contributed by atoms with Crippen LogP contribution in [-0.2, 0) is 14.6 Å². The summed E-state index contributed by atoms with van der Waals surface area (Å²) in [6.45, 7) is 4.80. The van der Waals surface area contributed by atoms with Crippen LogP contribution in [0.25, 0.3) is 0 Å². The van der Waals surface area contributed by atoms with E-state index in [2.05, 4.69) is 5.32 Å². The van der Waals surface area contributed by atoms with Crippen LogP contribution in [0.5, 0.6) is 0 Å². The van der Waals surface area contributed by atoms with E-state index in [0.717, 1.165) is 5.69 Å². The Morgan fingerprint density at radius 1 is 1.12 bits per heavy atom. The number of sulfone groups is 1. The second kappa shape index (κ2) is 7.84. The lowest BCUT2D eigenvalue weighted by Gasteiger charge is -1.98. The molecule has 1 rings (SSSR count). The summed E-state index contributed by atoms with van der Waals surface area (Å²) in [6, 6.07) is 9.37. The van der Waals surface area contributed by atoms with Gasteiger partial charge in [0.2, 0.25) is 5.91 Å². The third-order valence-electron chi connectivity index (χ3n) is 1.97. The summed E-state index contributed by atoms with van der Waals surface area (Å²) in [5.74, 6) is 0.499. The summed E-state index contributed by atoms with van der Waals surface area (Å²) >= 11 is 0. The molecule has 0 spiro atoms. The van der Waals surface area contributed by atoms with Gasteiger partial charge in [0.15, 0.2) is 0 Å². The molecule has 0 aliphatic carbocycles. The van der Waals surface area contributed by atoms with E-state index in [9.17, 15) is 13.2 Å². The largest absolute Gasteiger partial charge is 0.326 e. The third kappa shape index (κ3) is 8.45. The number of carbonyl (C=O) groups excluding carboxylic acids is 1. The number of benzene rings is 1. The van der Waals surface area contributed by atoms with Crippen molar-refractivity contribution in [3.8, 4) is 0 Å². The highest BCUT2D eigenvalue weighted by atomic mass is 32.2. The zero-order chi connectivity index (χ0) is 13.3. The molecule has 1 amide bonds. The SMILES string of the molecule is CC(=O)Nc1ccccc1.CCS(=O)(=O)CC. The fraction of sp³-hybridized carbons (Fsp3) is 0.417. The monoisotopic (exact) mass is 257 g/mol. The van der Waals surface area contributed by atoms with Gasteiger partial charge in [-0.25, -0.2) is 8.42 Å². The molecule has 0 radical (unpaired) electrons. The zero-order valence-electron chi connectivity index (χ0n) is 10.4. The smallest absolute Gasteiger partial charge is 0.221 e. The molecule has 0 unspecified atom stereocenters. The maximum atomic E-state index is 10.5. The van der Waals surface area contributed by atoms with Gasteiger partial charge in [0.1, 0.15) is 9.84 Å². The van der Waals surface area contributed by atoms with Crippen LogP contribution < -0.4 is 5.32 Å². The molecule has 0 fully saturated rings. The number of hydrogen-bond acceptors (Lipinski definition) is 3. The van der Waals surface area contributed by atoms with Gasteiger partial charge in [-0.05, 0) is 12.1 Å². The predicted molar refractivity (Wildman–Crippen MR) is 70.7 cm³/mol. The predicted octanol–water partition coefficient (Wildman–Crippen LogP) is 2.09. The summed E-state index contributed by atoms with van der Waals surface area (Å²) in [6.07, 6.45) is 0. The molecule has 0 atom stereocenters. The van der Waals surface area contributed by atoms with Crippen molar-refractivity contribution in [2.75, 3.05) is 16.8 Å². The first-order valence-corrected chi connectivity index (χ1v) is 7.26. The molecule has 96 valence electrons. The lowest BCUT2D eigenvalue weighted by Crippen LogP contribution is -2.04. The molecule has 0 aromatic heterocycles. The molecule has 0 bridgehead atoms. The number of amides is 1. The molecule has 0 saturated carbocycles. The molecule has 0 aliphatic heterocycles. The van der Waals surface area contributed by atoms with Gasteiger partial charge in [-0.2, -0.15) is 0 Å². The highest BCUT2D eigenvalue weighted by molar-refractivity contribution is 7.91. The molecule has 0 saturated heterocycles. The lowest BCUT2D eigenvalue weighted by molar-refractivity contribution is -0.114. The van der Waals surface area contributed by atoms with Crippen molar-refractivity contribution >= 4 is 21.4 Å². The van der Waals surface area contributed by atoms with Crippen LogP contribution in [0.1, 0.15) is 20.8 Å². The Labute approximate surface area is 103 Å². The fourth-order valence-corrected chi connectivity index (χ4v) is 1.34. The molecule has 0 aliphatic rings. The molecule has 1 aromatic carbocycles. The number of carbonyl (C=O) groups is 1. The van der Waals surface area contributed by atoms with Crippen LogP contribution >= 0.6 is 0 Å². The van der Waals surface area contributed by atoms with Crippen LogP contribution in [0.2, 0.25) is 0 Å². The Morgan fingerprint density at radius 2 is 1.59 bits per heavy atom. The van der Waals surface area contributed by atoms with Gasteiger partial charge in [-0.1, -0.05) is 32.0 Å². The number of hydrogen-bond donors (Lipinski definition) is 1. The molecule has 1 aromatic rings. The Kier molecular flexibility index (Phi) is 7.21. The minimum absolute atomic E-state index is 0.0359. The van der Waals surface area contributed by atoms with E-state index in [1.807, 2.05) is 30.3 Å². The summed E-state index contributed by atoms with van der Waals surface area (Å²) < 4.78 is 20.7. The first-order chi connectivity index (χ1) is 7.91. The van der Waals surface area contributed by atoms with Crippen LogP contribution in [0.4, 0.5) is 5.69 Å². The Hall–Kier alpha value is -1.36. The van der Waals surface area contributed by atoms with Gasteiger partial charge in [0.05, 0.1) is 0 Å². The third-order valence-corrected chi connectivity index (χ3v) is 3.73. The van der Waals surface area contributed by atoms with Gasteiger partial charge in [-0.3, -0.25) is 4.79 Å². The second-order valence-corrected chi connectivity index (χ2v) is 6.01. The van der Waals surface area contributed by atoms with Crippen molar-refractivity contribution in [2.24, 2.45) is 0 Å². The van der Waals surface area contributed by atoms with Crippen molar-refractivity contribution in [1.82, 2.24) is 0 Å². The normalized spacial score (nSPS) is 10.1. The van der Waals surface area contributed by atoms with Crippen molar-refractivity contribution in [2.45, 2.75) is 20.8 Å². The quantitative estimate of drug-likeness (QED) is 0.901. The van der Waals surface area contributed by atoms with Crippen molar-refractivity contribution in [3.05, 3.63) is 30.3 Å². The Balaban J connectivity index is 0.000000325. The van der Waals surface area contributed by atoms with Crippen molar-refractivity contribution < 1.29 is 13.2 Å². The van der Waals surface area contributed by atoms with E-state index in [1.165, 1.54) is 6.92 Å². The molecule has 1 N–H and O–H groups in total. The molecule has 5 heteroatoms. The molecular formula is C12H19NO3S. The number of nitrogens with one attached hydrogen (secondary N) is 1. The first kappa shape index (κ1) is 15.6. The first-order valence-electron chi connectivity index (χ1n) is 5.44. The van der Waals surface area contributed by atoms with E-state index in [0.29, 0.717) is 0 Å². The van der Waals surface area contributed by atoms with E-state index < -0.39 is 9.84 Å². The number of rotatable bonds is 3. The minimum Gasteiger partial charge on any atom is -0.326 e. The van der Waals surface area contributed by atoms with Crippen LogP contribution in [0.3, 0.4) is 0 Å². The van der Waals surface area contributed by atoms with E-state index in [4.69, 9.17) is 0 Å². The Bertz CT molecular complexity index is 416. The summed E-state index contributed by atoms with van der Waals surface area (Å²) in [4.78, 5) is 10.5. The summed E-state index contributed by atoms with van der Waals surface area (Å²) in [5, 5.41) is 2.67. The van der Waals surface area contributed by atoms with Crippen molar-refractivity contribution in [1.29, 1.82) is 0 Å². The standard InChI is InChI=1S/C8H9NO.C4H10O2S/c1-7(10)9-8-5-3-2-4-6-8;1-3-7(5,6)4-2/h2-6H,1H3,(H,9,10);3-4H2,1-2H3. The van der Waals surface area contributed by atoms with Crippen LogP contribution in [0, 0.1) is 0 Å². The van der Waals surface area contributed by atoms with E-state index in [-0.39, 0.29) is 17.4 Å². The van der Waals surface area contributed by atoms with Gasteiger partial charge >= 0.3 is 0 Å².